The van der Waals surface area contributed by atoms with E-state index < -0.39 is 5.60 Å². The molecule has 1 spiro atoms. The number of thiophene rings is 1. The van der Waals surface area contributed by atoms with E-state index in [1.807, 2.05) is 4.90 Å². The molecule has 0 amide bonds. The van der Waals surface area contributed by atoms with Gasteiger partial charge in [0.15, 0.2) is 0 Å². The monoisotopic (exact) mass is 591 g/mol. The van der Waals surface area contributed by atoms with E-state index in [1.54, 1.807) is 11.3 Å². The number of aromatic nitrogens is 3. The molecule has 2 aromatic rings. The number of piperidine rings is 1. The minimum atomic E-state index is -1.09. The molecule has 2 aliphatic carbocycles. The van der Waals surface area contributed by atoms with Gasteiger partial charge in [-0.3, -0.25) is 4.90 Å². The van der Waals surface area contributed by atoms with Crippen LogP contribution in [0.5, 0.6) is 6.01 Å². The molecule has 0 radical (unpaired) electrons. The summed E-state index contributed by atoms with van der Waals surface area (Å²) < 4.78 is 11.9. The van der Waals surface area contributed by atoms with Crippen LogP contribution < -0.4 is 20.3 Å². The Kier molecular flexibility index (Phi) is 6.89. The lowest BCUT2D eigenvalue weighted by Crippen LogP contribution is -2.59. The smallest absolute Gasteiger partial charge is 0.323 e. The van der Waals surface area contributed by atoms with E-state index in [0.717, 1.165) is 70.5 Å². The molecule has 42 heavy (non-hydrogen) atoms. The predicted octanol–water partition coefficient (Wildman–Crippen LogP) is 1.83. The number of hydrogen-bond donors (Lipinski definition) is 2. The molecule has 0 aromatic carbocycles. The van der Waals surface area contributed by atoms with Crippen molar-refractivity contribution in [3.63, 3.8) is 0 Å². The van der Waals surface area contributed by atoms with E-state index in [9.17, 15) is 15.6 Å². The third-order valence-corrected chi connectivity index (χ3v) is 10.8. The van der Waals surface area contributed by atoms with Crippen molar-refractivity contribution in [2.75, 3.05) is 81.2 Å². The highest BCUT2D eigenvalue weighted by molar-refractivity contribution is 7.16. The summed E-state index contributed by atoms with van der Waals surface area (Å²) in [4.78, 5) is 22.1. The molecule has 7 rings (SSSR count). The number of hydrogen-bond acceptors (Lipinski definition) is 13. The molecule has 1 unspecified atom stereocenters. The van der Waals surface area contributed by atoms with Gasteiger partial charge >= 0.3 is 6.01 Å². The molecular weight excluding hydrogens is 554 g/mol. The molecular formula is C29H37N9O3S. The van der Waals surface area contributed by atoms with Crippen molar-refractivity contribution < 1.29 is 14.6 Å². The van der Waals surface area contributed by atoms with Crippen LogP contribution in [0.3, 0.4) is 0 Å². The van der Waals surface area contributed by atoms with Crippen LogP contribution >= 0.6 is 11.3 Å². The first-order valence-electron chi connectivity index (χ1n) is 14.9. The standard InChI is InChI=1S/C29H37N9O3S/c30-8-7-29(39)3-1-9-37(18-29)24-33-25(38-16-28(17-38)4-2-21-22(28)20(14-31)23(32)42-21)35-26(34-24)41-19-27(5-6-27)15-36-10-12-40-13-11-36/h39H,1-7,9-13,15-19,32H2. The minimum Gasteiger partial charge on any atom is -0.463 e. The Morgan fingerprint density at radius 1 is 1.00 bits per heavy atom. The van der Waals surface area contributed by atoms with Gasteiger partial charge in [-0.1, -0.05) is 0 Å². The first kappa shape index (κ1) is 27.6. The number of rotatable bonds is 8. The van der Waals surface area contributed by atoms with Gasteiger partial charge in [-0.05, 0) is 44.1 Å². The fourth-order valence-electron chi connectivity index (χ4n) is 7.20. The summed E-state index contributed by atoms with van der Waals surface area (Å²) in [6, 6.07) is 4.76. The summed E-state index contributed by atoms with van der Waals surface area (Å²) in [7, 11) is 0. The first-order valence-corrected chi connectivity index (χ1v) is 15.7. The highest BCUT2D eigenvalue weighted by Crippen LogP contribution is 2.52. The second-order valence-electron chi connectivity index (χ2n) is 12.9. The van der Waals surface area contributed by atoms with Crippen LogP contribution in [-0.2, 0) is 16.6 Å². The molecule has 4 fully saturated rings. The van der Waals surface area contributed by atoms with E-state index in [4.69, 9.17) is 30.2 Å². The molecule has 2 aromatic heterocycles. The van der Waals surface area contributed by atoms with Crippen LogP contribution in [0.2, 0.25) is 0 Å². The zero-order chi connectivity index (χ0) is 29.0. The highest BCUT2D eigenvalue weighted by atomic mass is 32.1. The van der Waals surface area contributed by atoms with Crippen LogP contribution in [0.4, 0.5) is 16.9 Å². The topological polar surface area (TPSA) is 161 Å². The average molecular weight is 592 g/mol. The third-order valence-electron chi connectivity index (χ3n) is 9.72. The number of nitrogens with zero attached hydrogens (tertiary/aromatic N) is 8. The minimum absolute atomic E-state index is 0.0663. The largest absolute Gasteiger partial charge is 0.463 e. The quantitative estimate of drug-likeness (QED) is 0.459. The average Bonchev–Trinajstić information content (AvgIpc) is 3.51. The summed E-state index contributed by atoms with van der Waals surface area (Å²) >= 11 is 1.54. The molecule has 3 N–H and O–H groups in total. The number of ether oxygens (including phenoxy) is 2. The normalized spacial score (nSPS) is 25.9. The molecule has 1 atom stereocenters. The van der Waals surface area contributed by atoms with E-state index in [-0.39, 0.29) is 23.8 Å². The van der Waals surface area contributed by atoms with Crippen LogP contribution in [-0.4, -0.2) is 96.2 Å². The third kappa shape index (κ3) is 5.02. The SMILES string of the molecule is N#CCC1(O)CCCN(c2nc(OCC3(CN4CCOCC4)CC3)nc(N3CC4(CCc5sc(N)c(C#N)c54)C3)n2)C1. The lowest BCUT2D eigenvalue weighted by Gasteiger charge is -2.48. The molecule has 3 saturated heterocycles. The molecule has 13 heteroatoms. The molecule has 222 valence electrons. The summed E-state index contributed by atoms with van der Waals surface area (Å²) in [5, 5.41) is 30.7. The Morgan fingerprint density at radius 2 is 1.76 bits per heavy atom. The van der Waals surface area contributed by atoms with Crippen molar-refractivity contribution >= 4 is 28.2 Å². The fourth-order valence-corrected chi connectivity index (χ4v) is 8.34. The number of nitriles is 2. The Hall–Kier alpha value is -3.23. The highest BCUT2D eigenvalue weighted by Gasteiger charge is 2.52. The second-order valence-corrected chi connectivity index (χ2v) is 14.0. The zero-order valence-electron chi connectivity index (χ0n) is 23.8. The maximum Gasteiger partial charge on any atom is 0.323 e. The first-order chi connectivity index (χ1) is 20.3. The molecule has 1 saturated carbocycles. The van der Waals surface area contributed by atoms with Crippen molar-refractivity contribution in [3.05, 3.63) is 16.0 Å². The Balaban J connectivity index is 1.13. The lowest BCUT2D eigenvalue weighted by molar-refractivity contribution is 0.0231. The number of anilines is 3. The molecule has 3 aliphatic heterocycles. The number of nitrogen functional groups attached to an aromatic ring is 1. The van der Waals surface area contributed by atoms with E-state index in [1.165, 1.54) is 4.88 Å². The van der Waals surface area contributed by atoms with Gasteiger partial charge in [-0.25, -0.2) is 0 Å². The molecule has 12 nitrogen and oxygen atoms in total. The van der Waals surface area contributed by atoms with E-state index in [0.29, 0.717) is 61.1 Å². The van der Waals surface area contributed by atoms with Crippen molar-refractivity contribution in [2.24, 2.45) is 5.41 Å². The zero-order valence-corrected chi connectivity index (χ0v) is 24.7. The van der Waals surface area contributed by atoms with Gasteiger partial charge in [0.1, 0.15) is 11.1 Å². The predicted molar refractivity (Wildman–Crippen MR) is 157 cm³/mol. The number of fused-ring (bicyclic) bond motifs is 2. The van der Waals surface area contributed by atoms with Gasteiger partial charge in [0.25, 0.3) is 0 Å². The van der Waals surface area contributed by atoms with Crippen LogP contribution in [0.15, 0.2) is 0 Å². The number of aliphatic hydroxyl groups is 1. The van der Waals surface area contributed by atoms with Gasteiger partial charge in [0, 0.05) is 55.0 Å². The van der Waals surface area contributed by atoms with Gasteiger partial charge in [-0.15, -0.1) is 11.3 Å². The van der Waals surface area contributed by atoms with Crippen molar-refractivity contribution in [1.82, 2.24) is 19.9 Å². The number of aryl methyl sites for hydroxylation is 1. The van der Waals surface area contributed by atoms with Crippen LogP contribution in [0, 0.1) is 28.1 Å². The second kappa shape index (κ2) is 10.5. The molecule has 5 heterocycles. The lowest BCUT2D eigenvalue weighted by atomic mass is 9.74. The van der Waals surface area contributed by atoms with E-state index >= 15 is 0 Å². The van der Waals surface area contributed by atoms with E-state index in [2.05, 4.69) is 21.9 Å². The summed E-state index contributed by atoms with van der Waals surface area (Å²) in [6.45, 7) is 7.35. The Morgan fingerprint density at radius 3 is 2.48 bits per heavy atom. The van der Waals surface area contributed by atoms with Gasteiger partial charge in [-0.2, -0.15) is 25.5 Å². The van der Waals surface area contributed by atoms with Gasteiger partial charge in [0.05, 0.1) is 50.0 Å². The van der Waals surface area contributed by atoms with Gasteiger partial charge < -0.3 is 30.1 Å². The maximum absolute atomic E-state index is 11.0. The molecule has 5 aliphatic rings. The Labute approximate surface area is 249 Å². The van der Waals surface area contributed by atoms with Gasteiger partial charge in [0.2, 0.25) is 11.9 Å². The maximum atomic E-state index is 11.0. The summed E-state index contributed by atoms with van der Waals surface area (Å²) in [5.41, 5.74) is 6.83. The van der Waals surface area contributed by atoms with Crippen molar-refractivity contribution in [3.8, 4) is 18.1 Å². The van der Waals surface area contributed by atoms with Crippen LogP contribution in [0.25, 0.3) is 0 Å². The fraction of sp³-hybridized carbons (Fsp3) is 0.690. The Bertz CT molecular complexity index is 1430. The number of nitrogens with two attached hydrogens (primary N) is 1. The summed E-state index contributed by atoms with van der Waals surface area (Å²) in [5.74, 6) is 1.01. The van der Waals surface area contributed by atoms with Crippen molar-refractivity contribution in [2.45, 2.75) is 56.0 Å². The number of β-amino-alcohol motifs (C(OH)–C–C–N with tert-alkyl or cyclic N) is 1. The van der Waals surface area contributed by atoms with Crippen LogP contribution in [0.1, 0.15) is 54.5 Å². The number of morpholine rings is 1. The summed E-state index contributed by atoms with van der Waals surface area (Å²) in [6.07, 6.45) is 5.53. The molecule has 0 bridgehead atoms. The van der Waals surface area contributed by atoms with Crippen molar-refractivity contribution in [1.29, 1.82) is 10.5 Å².